The molecular formula is C13H21N3. The first-order valence-corrected chi connectivity index (χ1v) is 6.09. The monoisotopic (exact) mass is 219 g/mol. The smallest absolute Gasteiger partial charge is 0.152 e. The first-order chi connectivity index (χ1) is 7.59. The molecule has 1 atom stereocenters. The highest BCUT2D eigenvalue weighted by molar-refractivity contribution is 5.63. The molecule has 3 heteroatoms. The molecule has 16 heavy (non-hydrogen) atoms. The van der Waals surface area contributed by atoms with Crippen LogP contribution in [-0.2, 0) is 0 Å². The van der Waals surface area contributed by atoms with Gasteiger partial charge in [-0.05, 0) is 37.8 Å². The van der Waals surface area contributed by atoms with Crippen molar-refractivity contribution in [3.8, 4) is 0 Å². The van der Waals surface area contributed by atoms with E-state index in [0.29, 0.717) is 12.0 Å². The van der Waals surface area contributed by atoms with Crippen LogP contribution in [-0.4, -0.2) is 17.6 Å². The fourth-order valence-corrected chi connectivity index (χ4v) is 2.53. The molecule has 1 saturated heterocycles. The summed E-state index contributed by atoms with van der Waals surface area (Å²) in [5.41, 5.74) is 7.87. The third kappa shape index (κ3) is 1.99. The molecule has 0 amide bonds. The van der Waals surface area contributed by atoms with Gasteiger partial charge in [0.15, 0.2) is 5.82 Å². The molecule has 1 unspecified atom stereocenters. The predicted octanol–water partition coefficient (Wildman–Crippen LogP) is 2.60. The molecule has 2 rings (SSSR count). The Balaban J connectivity index is 2.32. The van der Waals surface area contributed by atoms with Gasteiger partial charge >= 0.3 is 0 Å². The van der Waals surface area contributed by atoms with E-state index in [9.17, 15) is 0 Å². The van der Waals surface area contributed by atoms with Gasteiger partial charge in [0.25, 0.3) is 0 Å². The normalized spacial score (nSPS) is 20.8. The van der Waals surface area contributed by atoms with Crippen LogP contribution in [0.15, 0.2) is 12.1 Å². The predicted molar refractivity (Wildman–Crippen MR) is 68.6 cm³/mol. The molecule has 3 nitrogen and oxygen atoms in total. The minimum Gasteiger partial charge on any atom is -0.396 e. The van der Waals surface area contributed by atoms with Crippen LogP contribution in [0.3, 0.4) is 0 Å². The highest BCUT2D eigenvalue weighted by Crippen LogP contribution is 2.31. The Hall–Kier alpha value is -1.25. The molecule has 0 spiro atoms. The van der Waals surface area contributed by atoms with Crippen molar-refractivity contribution in [3.63, 3.8) is 0 Å². The second-order valence-corrected chi connectivity index (χ2v) is 5.01. The SMILES string of the molecule is Cc1ccc(N)c(N2CCCC2C(C)C)n1. The summed E-state index contributed by atoms with van der Waals surface area (Å²) < 4.78 is 0. The molecule has 88 valence electrons. The van der Waals surface area contributed by atoms with E-state index in [1.54, 1.807) is 0 Å². The number of pyridine rings is 1. The zero-order chi connectivity index (χ0) is 11.7. The number of nitrogens with zero attached hydrogens (tertiary/aromatic N) is 2. The van der Waals surface area contributed by atoms with Gasteiger partial charge < -0.3 is 10.6 Å². The zero-order valence-corrected chi connectivity index (χ0v) is 10.4. The van der Waals surface area contributed by atoms with Crippen molar-refractivity contribution in [2.24, 2.45) is 5.92 Å². The van der Waals surface area contributed by atoms with Crippen molar-refractivity contribution in [2.45, 2.75) is 39.7 Å². The van der Waals surface area contributed by atoms with E-state index >= 15 is 0 Å². The summed E-state index contributed by atoms with van der Waals surface area (Å²) in [7, 11) is 0. The molecule has 0 radical (unpaired) electrons. The van der Waals surface area contributed by atoms with Crippen LogP contribution < -0.4 is 10.6 Å². The third-order valence-corrected chi connectivity index (χ3v) is 3.39. The highest BCUT2D eigenvalue weighted by Gasteiger charge is 2.29. The summed E-state index contributed by atoms with van der Waals surface area (Å²) in [4.78, 5) is 6.97. The number of nitrogens with two attached hydrogens (primary N) is 1. The third-order valence-electron chi connectivity index (χ3n) is 3.39. The van der Waals surface area contributed by atoms with Gasteiger partial charge in [-0.1, -0.05) is 13.8 Å². The maximum Gasteiger partial charge on any atom is 0.152 e. The first kappa shape index (κ1) is 11.2. The molecule has 0 saturated carbocycles. The van der Waals surface area contributed by atoms with E-state index in [2.05, 4.69) is 23.7 Å². The van der Waals surface area contributed by atoms with Crippen molar-refractivity contribution in [1.29, 1.82) is 0 Å². The maximum absolute atomic E-state index is 6.03. The van der Waals surface area contributed by atoms with Gasteiger partial charge in [0.05, 0.1) is 5.69 Å². The number of aryl methyl sites for hydroxylation is 1. The van der Waals surface area contributed by atoms with E-state index in [1.807, 2.05) is 19.1 Å². The molecule has 1 aliphatic heterocycles. The van der Waals surface area contributed by atoms with Crippen LogP contribution in [0.25, 0.3) is 0 Å². The minimum atomic E-state index is 0.594. The lowest BCUT2D eigenvalue weighted by molar-refractivity contribution is 0.490. The molecule has 1 fully saturated rings. The molecule has 1 aromatic rings. The Morgan fingerprint density at radius 2 is 2.19 bits per heavy atom. The standard InChI is InChI=1S/C13H21N3/c1-9(2)12-5-4-8-16(12)13-11(14)7-6-10(3)15-13/h6-7,9,12H,4-5,8,14H2,1-3H3. The Morgan fingerprint density at radius 3 is 2.88 bits per heavy atom. The number of nitrogen functional groups attached to an aromatic ring is 1. The average Bonchev–Trinajstić information content (AvgIpc) is 2.70. The molecule has 1 aromatic heterocycles. The van der Waals surface area contributed by atoms with Gasteiger partial charge in [0.2, 0.25) is 0 Å². The Bertz CT molecular complexity index is 373. The van der Waals surface area contributed by atoms with Crippen LogP contribution in [0.1, 0.15) is 32.4 Å². The lowest BCUT2D eigenvalue weighted by atomic mass is 10.0. The number of anilines is 2. The van der Waals surface area contributed by atoms with Crippen LogP contribution >= 0.6 is 0 Å². The van der Waals surface area contributed by atoms with Crippen molar-refractivity contribution >= 4 is 11.5 Å². The lowest BCUT2D eigenvalue weighted by Crippen LogP contribution is -2.34. The van der Waals surface area contributed by atoms with E-state index < -0.39 is 0 Å². The second kappa shape index (κ2) is 4.32. The van der Waals surface area contributed by atoms with E-state index in [-0.39, 0.29) is 0 Å². The van der Waals surface area contributed by atoms with Gasteiger partial charge in [-0.15, -0.1) is 0 Å². The summed E-state index contributed by atoms with van der Waals surface area (Å²) in [6.45, 7) is 7.65. The summed E-state index contributed by atoms with van der Waals surface area (Å²) >= 11 is 0. The summed E-state index contributed by atoms with van der Waals surface area (Å²) in [5.74, 6) is 1.64. The first-order valence-electron chi connectivity index (χ1n) is 6.09. The van der Waals surface area contributed by atoms with Crippen LogP contribution in [0, 0.1) is 12.8 Å². The Morgan fingerprint density at radius 1 is 1.44 bits per heavy atom. The minimum absolute atomic E-state index is 0.594. The van der Waals surface area contributed by atoms with Gasteiger partial charge in [-0.25, -0.2) is 4.98 Å². The van der Waals surface area contributed by atoms with Crippen LogP contribution in [0.4, 0.5) is 11.5 Å². The van der Waals surface area contributed by atoms with Gasteiger partial charge in [0.1, 0.15) is 0 Å². The Kier molecular flexibility index (Phi) is 3.03. The maximum atomic E-state index is 6.03. The fraction of sp³-hybridized carbons (Fsp3) is 0.615. The van der Waals surface area contributed by atoms with Gasteiger partial charge in [-0.2, -0.15) is 0 Å². The molecular weight excluding hydrogens is 198 g/mol. The van der Waals surface area contributed by atoms with Gasteiger partial charge in [-0.3, -0.25) is 0 Å². The molecule has 2 heterocycles. The van der Waals surface area contributed by atoms with Gasteiger partial charge in [0, 0.05) is 18.3 Å². The number of rotatable bonds is 2. The van der Waals surface area contributed by atoms with Crippen molar-refractivity contribution in [1.82, 2.24) is 4.98 Å². The summed E-state index contributed by atoms with van der Waals surface area (Å²) in [6, 6.07) is 4.53. The Labute approximate surface area is 97.7 Å². The van der Waals surface area contributed by atoms with Crippen LogP contribution in [0.2, 0.25) is 0 Å². The van der Waals surface area contributed by atoms with Crippen molar-refractivity contribution in [3.05, 3.63) is 17.8 Å². The highest BCUT2D eigenvalue weighted by atomic mass is 15.2. The molecule has 0 bridgehead atoms. The van der Waals surface area contributed by atoms with Crippen molar-refractivity contribution in [2.75, 3.05) is 17.2 Å². The quantitative estimate of drug-likeness (QED) is 0.831. The molecule has 0 aromatic carbocycles. The zero-order valence-electron chi connectivity index (χ0n) is 10.4. The molecule has 0 aliphatic carbocycles. The van der Waals surface area contributed by atoms with Crippen molar-refractivity contribution < 1.29 is 0 Å². The fourth-order valence-electron chi connectivity index (χ4n) is 2.53. The largest absolute Gasteiger partial charge is 0.396 e. The van der Waals surface area contributed by atoms with E-state index in [1.165, 1.54) is 12.8 Å². The number of aromatic nitrogens is 1. The van der Waals surface area contributed by atoms with E-state index in [4.69, 9.17) is 5.73 Å². The summed E-state index contributed by atoms with van der Waals surface area (Å²) in [6.07, 6.45) is 2.50. The molecule has 1 aliphatic rings. The number of hydrogen-bond donors (Lipinski definition) is 1. The topological polar surface area (TPSA) is 42.1 Å². The van der Waals surface area contributed by atoms with Crippen LogP contribution in [0.5, 0.6) is 0 Å². The lowest BCUT2D eigenvalue weighted by Gasteiger charge is -2.29. The number of hydrogen-bond acceptors (Lipinski definition) is 3. The van der Waals surface area contributed by atoms with E-state index in [0.717, 1.165) is 23.7 Å². The molecule has 2 N–H and O–H groups in total. The second-order valence-electron chi connectivity index (χ2n) is 5.01. The average molecular weight is 219 g/mol. The summed E-state index contributed by atoms with van der Waals surface area (Å²) in [5, 5.41) is 0.